The second-order valence-electron chi connectivity index (χ2n) is 8.04. The van der Waals surface area contributed by atoms with Crippen LogP contribution in [0.4, 0.5) is 5.69 Å². The van der Waals surface area contributed by atoms with Crippen LogP contribution in [0.5, 0.6) is 5.88 Å². The van der Waals surface area contributed by atoms with E-state index >= 15 is 0 Å². The van der Waals surface area contributed by atoms with E-state index in [0.717, 1.165) is 16.7 Å². The van der Waals surface area contributed by atoms with Gasteiger partial charge in [-0.2, -0.15) is 0 Å². The van der Waals surface area contributed by atoms with E-state index in [2.05, 4.69) is 10.3 Å². The van der Waals surface area contributed by atoms with Gasteiger partial charge in [-0.3, -0.25) is 9.59 Å². The van der Waals surface area contributed by atoms with Crippen molar-refractivity contribution in [2.45, 2.75) is 25.9 Å². The number of carbonyl (C=O) groups is 2. The zero-order valence-corrected chi connectivity index (χ0v) is 19.0. The Bertz CT molecular complexity index is 1180. The molecule has 4 rings (SSSR count). The molecule has 1 heterocycles. The van der Waals surface area contributed by atoms with Crippen molar-refractivity contribution in [1.82, 2.24) is 4.98 Å². The highest BCUT2D eigenvalue weighted by molar-refractivity contribution is 5.99. The highest BCUT2D eigenvalue weighted by Gasteiger charge is 2.16. The molecule has 0 fully saturated rings. The first kappa shape index (κ1) is 22.9. The van der Waals surface area contributed by atoms with E-state index < -0.39 is 0 Å². The number of ether oxygens (including phenoxy) is 1. The minimum atomic E-state index is -0.303. The molecule has 0 spiro atoms. The largest absolute Gasteiger partial charge is 0.465 e. The van der Waals surface area contributed by atoms with Crippen molar-refractivity contribution in [3.8, 4) is 5.88 Å². The van der Waals surface area contributed by atoms with Crippen molar-refractivity contribution in [3.63, 3.8) is 0 Å². The van der Waals surface area contributed by atoms with E-state index in [9.17, 15) is 9.59 Å². The molecule has 34 heavy (non-hydrogen) atoms. The van der Waals surface area contributed by atoms with Gasteiger partial charge in [0.2, 0.25) is 11.8 Å². The predicted octanol–water partition coefficient (Wildman–Crippen LogP) is 6.16. The van der Waals surface area contributed by atoms with Gasteiger partial charge in [0.15, 0.2) is 11.9 Å². The van der Waals surface area contributed by atoms with Gasteiger partial charge in [0.05, 0.1) is 11.9 Å². The van der Waals surface area contributed by atoms with Crippen LogP contribution >= 0.6 is 0 Å². The molecule has 5 heteroatoms. The van der Waals surface area contributed by atoms with Crippen LogP contribution in [0.15, 0.2) is 103 Å². The number of aromatic nitrogens is 1. The Morgan fingerprint density at radius 1 is 0.794 bits per heavy atom. The lowest BCUT2D eigenvalue weighted by molar-refractivity contribution is -0.116. The van der Waals surface area contributed by atoms with Crippen LogP contribution in [0.25, 0.3) is 0 Å². The second-order valence-corrected chi connectivity index (χ2v) is 8.04. The lowest BCUT2D eigenvalue weighted by atomic mass is 10.0. The number of hydrogen-bond donors (Lipinski definition) is 1. The molecular formula is C29H26N2O3. The maximum Gasteiger partial charge on any atom is 0.224 e. The average molecular weight is 451 g/mol. The number of benzene rings is 3. The monoisotopic (exact) mass is 450 g/mol. The van der Waals surface area contributed by atoms with Crippen LogP contribution in [-0.4, -0.2) is 16.7 Å². The SMILES string of the molecule is Cc1ccc(C(=O)CCC(=O)Nc2ccc(OC(c3ccccc3)c3ccccc3)nc2)cc1. The number of anilines is 1. The highest BCUT2D eigenvalue weighted by atomic mass is 16.5. The number of hydrogen-bond acceptors (Lipinski definition) is 4. The Balaban J connectivity index is 1.36. The highest BCUT2D eigenvalue weighted by Crippen LogP contribution is 2.27. The first-order chi connectivity index (χ1) is 16.6. The summed E-state index contributed by atoms with van der Waals surface area (Å²) in [5.74, 6) is 0.164. The summed E-state index contributed by atoms with van der Waals surface area (Å²) >= 11 is 0. The van der Waals surface area contributed by atoms with Gasteiger partial charge in [-0.05, 0) is 24.1 Å². The van der Waals surface area contributed by atoms with E-state index in [1.807, 2.05) is 79.7 Å². The molecule has 0 unspecified atom stereocenters. The van der Waals surface area contributed by atoms with Crippen molar-refractivity contribution in [1.29, 1.82) is 0 Å². The summed E-state index contributed by atoms with van der Waals surface area (Å²) in [7, 11) is 0. The number of aryl methyl sites for hydroxylation is 1. The van der Waals surface area contributed by atoms with Gasteiger partial charge in [-0.15, -0.1) is 0 Å². The zero-order valence-electron chi connectivity index (χ0n) is 19.0. The number of ketones is 1. The van der Waals surface area contributed by atoms with E-state index in [-0.39, 0.29) is 30.6 Å². The number of rotatable bonds is 9. The van der Waals surface area contributed by atoms with E-state index in [1.54, 1.807) is 30.5 Å². The normalized spacial score (nSPS) is 10.6. The topological polar surface area (TPSA) is 68.3 Å². The van der Waals surface area contributed by atoms with Crippen LogP contribution in [-0.2, 0) is 4.79 Å². The summed E-state index contributed by atoms with van der Waals surface area (Å²) in [4.78, 5) is 29.0. The van der Waals surface area contributed by atoms with Crippen molar-refractivity contribution in [2.24, 2.45) is 0 Å². The minimum absolute atomic E-state index is 0.0510. The maximum absolute atomic E-state index is 12.3. The Morgan fingerprint density at radius 3 is 1.97 bits per heavy atom. The molecule has 0 aliphatic rings. The summed E-state index contributed by atoms with van der Waals surface area (Å²) in [5, 5.41) is 2.79. The zero-order chi connectivity index (χ0) is 23.8. The van der Waals surface area contributed by atoms with Crippen molar-refractivity contribution >= 4 is 17.4 Å². The molecule has 1 amide bonds. The molecule has 4 aromatic rings. The van der Waals surface area contributed by atoms with Crippen LogP contribution in [0.1, 0.15) is 46.0 Å². The molecule has 1 N–H and O–H groups in total. The predicted molar refractivity (Wildman–Crippen MR) is 133 cm³/mol. The first-order valence-electron chi connectivity index (χ1n) is 11.2. The molecule has 0 saturated carbocycles. The maximum atomic E-state index is 12.3. The van der Waals surface area contributed by atoms with Gasteiger partial charge >= 0.3 is 0 Å². The van der Waals surface area contributed by atoms with Gasteiger partial charge in [-0.25, -0.2) is 4.98 Å². The summed E-state index contributed by atoms with van der Waals surface area (Å²) in [6.07, 6.45) is 1.51. The summed E-state index contributed by atoms with van der Waals surface area (Å²) < 4.78 is 6.21. The third-order valence-corrected chi connectivity index (χ3v) is 5.42. The summed E-state index contributed by atoms with van der Waals surface area (Å²) in [6, 6.07) is 30.7. The van der Waals surface area contributed by atoms with Crippen LogP contribution in [0.2, 0.25) is 0 Å². The van der Waals surface area contributed by atoms with Gasteiger partial charge < -0.3 is 10.1 Å². The third kappa shape index (κ3) is 6.17. The number of carbonyl (C=O) groups excluding carboxylic acids is 2. The molecule has 0 radical (unpaired) electrons. The van der Waals surface area contributed by atoms with Crippen molar-refractivity contribution in [2.75, 3.05) is 5.32 Å². The number of amides is 1. The Hall–Kier alpha value is -4.25. The summed E-state index contributed by atoms with van der Waals surface area (Å²) in [6.45, 7) is 1.97. The standard InChI is InChI=1S/C29H26N2O3/c1-21-12-14-22(15-13-21)26(32)17-18-27(33)31-25-16-19-28(30-20-25)34-29(23-8-4-2-5-9-23)24-10-6-3-7-11-24/h2-16,19-20,29H,17-18H2,1H3,(H,31,33). The Kier molecular flexibility index (Phi) is 7.45. The fourth-order valence-corrected chi connectivity index (χ4v) is 3.56. The number of nitrogens with one attached hydrogen (secondary N) is 1. The number of Topliss-reactive ketones (excluding diaryl/α,β-unsaturated/α-hetero) is 1. The van der Waals surface area contributed by atoms with Gasteiger partial charge in [-0.1, -0.05) is 90.5 Å². The van der Waals surface area contributed by atoms with Gasteiger partial charge in [0.25, 0.3) is 0 Å². The van der Waals surface area contributed by atoms with E-state index in [4.69, 9.17) is 4.74 Å². The Morgan fingerprint density at radius 2 is 1.41 bits per heavy atom. The molecule has 0 bridgehead atoms. The van der Waals surface area contributed by atoms with E-state index in [1.165, 1.54) is 0 Å². The molecule has 1 aromatic heterocycles. The summed E-state index contributed by atoms with van der Waals surface area (Å²) in [5.41, 5.74) is 4.30. The lowest BCUT2D eigenvalue weighted by Crippen LogP contribution is -2.14. The number of pyridine rings is 1. The third-order valence-electron chi connectivity index (χ3n) is 5.42. The average Bonchev–Trinajstić information content (AvgIpc) is 2.88. The van der Waals surface area contributed by atoms with E-state index in [0.29, 0.717) is 17.1 Å². The molecule has 0 saturated heterocycles. The number of nitrogens with zero attached hydrogens (tertiary/aromatic N) is 1. The van der Waals surface area contributed by atoms with Crippen LogP contribution in [0, 0.1) is 6.92 Å². The molecule has 5 nitrogen and oxygen atoms in total. The molecular weight excluding hydrogens is 424 g/mol. The van der Waals surface area contributed by atoms with Gasteiger partial charge in [0.1, 0.15) is 0 Å². The minimum Gasteiger partial charge on any atom is -0.465 e. The fraction of sp³-hybridized carbons (Fsp3) is 0.138. The second kappa shape index (κ2) is 11.1. The molecule has 3 aromatic carbocycles. The quantitative estimate of drug-likeness (QED) is 0.310. The van der Waals surface area contributed by atoms with Crippen molar-refractivity contribution in [3.05, 3.63) is 126 Å². The molecule has 0 atom stereocenters. The smallest absolute Gasteiger partial charge is 0.224 e. The molecule has 170 valence electrons. The fourth-order valence-electron chi connectivity index (χ4n) is 3.56. The molecule has 0 aliphatic carbocycles. The Labute approximate surface area is 199 Å². The van der Waals surface area contributed by atoms with Crippen molar-refractivity contribution < 1.29 is 14.3 Å². The van der Waals surface area contributed by atoms with Crippen LogP contribution in [0.3, 0.4) is 0 Å². The van der Waals surface area contributed by atoms with Gasteiger partial charge in [0, 0.05) is 24.5 Å². The first-order valence-corrected chi connectivity index (χ1v) is 11.2. The van der Waals surface area contributed by atoms with Crippen LogP contribution < -0.4 is 10.1 Å². The molecule has 0 aliphatic heterocycles. The lowest BCUT2D eigenvalue weighted by Gasteiger charge is -2.19.